The lowest BCUT2D eigenvalue weighted by Gasteiger charge is -2.30. The summed E-state index contributed by atoms with van der Waals surface area (Å²) in [6.45, 7) is 9.75. The van der Waals surface area contributed by atoms with Gasteiger partial charge in [0.25, 0.3) is 5.91 Å². The molecule has 0 aliphatic rings. The van der Waals surface area contributed by atoms with Crippen molar-refractivity contribution in [3.8, 4) is 11.5 Å². The fraction of sp³-hybridized carbons (Fsp3) is 0.429. The Morgan fingerprint density at radius 2 is 1.70 bits per heavy atom. The smallest absolute Gasteiger partial charge is 0.336 e. The van der Waals surface area contributed by atoms with Crippen molar-refractivity contribution in [2.24, 2.45) is 11.7 Å². The van der Waals surface area contributed by atoms with E-state index in [2.05, 4.69) is 29.1 Å². The van der Waals surface area contributed by atoms with E-state index in [1.54, 1.807) is 22.3 Å². The van der Waals surface area contributed by atoms with Gasteiger partial charge in [0.05, 0.1) is 16.8 Å². The number of aromatic nitrogens is 2. The fourth-order valence-electron chi connectivity index (χ4n) is 5.76. The second-order valence-electron chi connectivity index (χ2n) is 12.1. The van der Waals surface area contributed by atoms with Crippen LogP contribution in [0.5, 0.6) is 0 Å². The SMILES string of the molecule is CCCN(CCC)C(=O)c1cc(-c2ncco2)cc(C(=O)O)c1[C@H](CNCc1cnc(CC(C)C)s1)[C@@H](N)Cc1cc(F)cc(F)c1. The van der Waals surface area contributed by atoms with Gasteiger partial charge >= 0.3 is 5.97 Å². The highest BCUT2D eigenvalue weighted by atomic mass is 32.1. The Morgan fingerprint density at radius 1 is 1.02 bits per heavy atom. The zero-order valence-electron chi connectivity index (χ0n) is 27.3. The van der Waals surface area contributed by atoms with Crippen molar-refractivity contribution in [3.63, 3.8) is 0 Å². The molecule has 0 saturated carbocycles. The maximum Gasteiger partial charge on any atom is 0.336 e. The lowest BCUT2D eigenvalue weighted by Crippen LogP contribution is -2.40. The summed E-state index contributed by atoms with van der Waals surface area (Å²) in [6, 6.07) is 5.42. The molecule has 2 atom stereocenters. The van der Waals surface area contributed by atoms with Gasteiger partial charge in [-0.3, -0.25) is 4.79 Å². The van der Waals surface area contributed by atoms with E-state index in [1.165, 1.54) is 30.7 Å². The van der Waals surface area contributed by atoms with E-state index >= 15 is 0 Å². The molecule has 0 saturated heterocycles. The summed E-state index contributed by atoms with van der Waals surface area (Å²) in [6.07, 6.45) is 6.93. The lowest BCUT2D eigenvalue weighted by atomic mass is 9.81. The number of oxazole rings is 1. The second kappa shape index (κ2) is 16.7. The number of aromatic carboxylic acids is 1. The van der Waals surface area contributed by atoms with Gasteiger partial charge in [-0.1, -0.05) is 27.7 Å². The molecule has 0 aliphatic carbocycles. The Hall–Kier alpha value is -4.00. The number of thiazole rings is 1. The van der Waals surface area contributed by atoms with Gasteiger partial charge in [0.2, 0.25) is 5.89 Å². The minimum atomic E-state index is -1.25. The van der Waals surface area contributed by atoms with Crippen LogP contribution in [0.15, 0.2) is 53.4 Å². The molecule has 12 heteroatoms. The Bertz CT molecular complexity index is 1620. The first-order chi connectivity index (χ1) is 22.5. The molecule has 0 bridgehead atoms. The van der Waals surface area contributed by atoms with Gasteiger partial charge < -0.3 is 25.5 Å². The summed E-state index contributed by atoms with van der Waals surface area (Å²) in [5, 5.41) is 15.0. The average molecular weight is 668 g/mol. The number of carboxylic acids is 1. The predicted molar refractivity (Wildman–Crippen MR) is 179 cm³/mol. The zero-order valence-corrected chi connectivity index (χ0v) is 28.1. The van der Waals surface area contributed by atoms with Gasteiger partial charge in [-0.05, 0) is 60.6 Å². The van der Waals surface area contributed by atoms with Crippen molar-refractivity contribution in [1.82, 2.24) is 20.2 Å². The highest BCUT2D eigenvalue weighted by molar-refractivity contribution is 7.11. The topological polar surface area (TPSA) is 135 Å². The minimum absolute atomic E-state index is 0.0297. The third-order valence-corrected chi connectivity index (χ3v) is 8.74. The molecule has 0 spiro atoms. The van der Waals surface area contributed by atoms with Gasteiger partial charge in [0, 0.05) is 72.8 Å². The Morgan fingerprint density at radius 3 is 2.30 bits per heavy atom. The van der Waals surface area contributed by atoms with E-state index in [-0.39, 0.29) is 41.5 Å². The first-order valence-corrected chi connectivity index (χ1v) is 16.8. The molecular weight excluding hydrogens is 624 g/mol. The molecule has 0 radical (unpaired) electrons. The number of carbonyl (C=O) groups excluding carboxylic acids is 1. The molecule has 4 aromatic rings. The fourth-order valence-corrected chi connectivity index (χ4v) is 6.86. The van der Waals surface area contributed by atoms with E-state index in [9.17, 15) is 23.5 Å². The number of carboxylic acid groups (broad SMARTS) is 1. The van der Waals surface area contributed by atoms with Gasteiger partial charge in [0.15, 0.2) is 0 Å². The molecule has 4 rings (SSSR count). The molecule has 252 valence electrons. The highest BCUT2D eigenvalue weighted by Gasteiger charge is 2.33. The number of amides is 1. The van der Waals surface area contributed by atoms with Crippen molar-refractivity contribution in [1.29, 1.82) is 0 Å². The summed E-state index contributed by atoms with van der Waals surface area (Å²) < 4.78 is 33.9. The number of nitrogens with zero attached hydrogens (tertiary/aromatic N) is 3. The van der Waals surface area contributed by atoms with E-state index in [0.717, 1.165) is 22.4 Å². The van der Waals surface area contributed by atoms with Crippen molar-refractivity contribution in [2.75, 3.05) is 19.6 Å². The van der Waals surface area contributed by atoms with Crippen LogP contribution in [0, 0.1) is 17.6 Å². The van der Waals surface area contributed by atoms with Gasteiger partial charge in [-0.2, -0.15) is 0 Å². The first-order valence-electron chi connectivity index (χ1n) is 16.0. The summed E-state index contributed by atoms with van der Waals surface area (Å²) >= 11 is 1.59. The Kier molecular flexibility index (Phi) is 12.7. The van der Waals surface area contributed by atoms with E-state index < -0.39 is 29.6 Å². The normalized spacial score (nSPS) is 12.8. The number of benzene rings is 2. The number of hydrogen-bond donors (Lipinski definition) is 3. The third kappa shape index (κ3) is 9.52. The van der Waals surface area contributed by atoms with Crippen LogP contribution < -0.4 is 11.1 Å². The van der Waals surface area contributed by atoms with Gasteiger partial charge in [-0.15, -0.1) is 11.3 Å². The Labute approximate surface area is 278 Å². The van der Waals surface area contributed by atoms with E-state index in [4.69, 9.17) is 10.2 Å². The number of hydrogen-bond acceptors (Lipinski definition) is 8. The number of nitrogens with two attached hydrogens (primary N) is 1. The van der Waals surface area contributed by atoms with Gasteiger partial charge in [0.1, 0.15) is 17.9 Å². The largest absolute Gasteiger partial charge is 0.478 e. The van der Waals surface area contributed by atoms with Crippen molar-refractivity contribution in [2.45, 2.75) is 71.9 Å². The average Bonchev–Trinajstić information content (AvgIpc) is 3.70. The molecule has 2 aromatic carbocycles. The molecular formula is C35H43F2N5O4S. The minimum Gasteiger partial charge on any atom is -0.478 e. The molecule has 0 aliphatic heterocycles. The van der Waals surface area contributed by atoms with Crippen molar-refractivity contribution in [3.05, 3.63) is 92.8 Å². The van der Waals surface area contributed by atoms with Crippen LogP contribution in [-0.4, -0.2) is 57.5 Å². The van der Waals surface area contributed by atoms with E-state index in [1.807, 2.05) is 20.0 Å². The van der Waals surface area contributed by atoms with Crippen LogP contribution in [0.4, 0.5) is 8.78 Å². The van der Waals surface area contributed by atoms with Crippen LogP contribution in [0.1, 0.15) is 88.2 Å². The molecule has 0 unspecified atom stereocenters. The number of carbonyl (C=O) groups is 2. The van der Waals surface area contributed by atoms with Crippen LogP contribution >= 0.6 is 11.3 Å². The molecule has 2 aromatic heterocycles. The van der Waals surface area contributed by atoms with Crippen LogP contribution in [0.3, 0.4) is 0 Å². The number of rotatable bonds is 17. The molecule has 9 nitrogen and oxygen atoms in total. The molecule has 1 amide bonds. The Balaban J connectivity index is 1.83. The highest BCUT2D eigenvalue weighted by Crippen LogP contribution is 2.34. The summed E-state index contributed by atoms with van der Waals surface area (Å²) in [4.78, 5) is 38.7. The lowest BCUT2D eigenvalue weighted by molar-refractivity contribution is 0.0695. The number of halogens is 2. The summed E-state index contributed by atoms with van der Waals surface area (Å²) in [7, 11) is 0. The molecule has 47 heavy (non-hydrogen) atoms. The molecule has 4 N–H and O–H groups in total. The maximum absolute atomic E-state index is 14.3. The van der Waals surface area contributed by atoms with Gasteiger partial charge in [-0.25, -0.2) is 23.5 Å². The van der Waals surface area contributed by atoms with E-state index in [0.29, 0.717) is 49.5 Å². The molecule has 2 heterocycles. The van der Waals surface area contributed by atoms with Crippen LogP contribution in [-0.2, 0) is 19.4 Å². The first kappa shape index (κ1) is 35.8. The maximum atomic E-state index is 14.3. The third-order valence-electron chi connectivity index (χ3n) is 7.72. The summed E-state index contributed by atoms with van der Waals surface area (Å²) in [5.74, 6) is -3.20. The quantitative estimate of drug-likeness (QED) is 0.114. The van der Waals surface area contributed by atoms with Crippen LogP contribution in [0.2, 0.25) is 0 Å². The summed E-state index contributed by atoms with van der Waals surface area (Å²) in [5.41, 5.74) is 7.79. The predicted octanol–water partition coefficient (Wildman–Crippen LogP) is 6.68. The van der Waals surface area contributed by atoms with Crippen molar-refractivity contribution >= 4 is 23.2 Å². The number of nitrogens with one attached hydrogen (secondary N) is 1. The van der Waals surface area contributed by atoms with Crippen molar-refractivity contribution < 1.29 is 27.9 Å². The van der Waals surface area contributed by atoms with Crippen LogP contribution in [0.25, 0.3) is 11.5 Å². The standard InChI is InChI=1S/C35H43F2N5O4S/c1-5-8-42(9-6-2)34(43)27-15-23(33-40-7-10-46-33)16-28(35(44)45)32(27)29(30(38)14-22-12-24(36)17-25(37)13-22)20-39-18-26-19-41-31(47-26)11-21(3)4/h7,10,12-13,15-17,19,21,29-30,39H,5-6,8-9,11,14,18,20,38H2,1-4H3,(H,44,45)/t29-,30+/m1/s1. The monoisotopic (exact) mass is 667 g/mol. The second-order valence-corrected chi connectivity index (χ2v) is 13.3. The zero-order chi connectivity index (χ0) is 34.1. The molecule has 0 fully saturated rings.